The quantitative estimate of drug-likeness (QED) is 0.489. The molecule has 1 saturated carbocycles. The van der Waals surface area contributed by atoms with Crippen molar-refractivity contribution in [3.05, 3.63) is 70.5 Å². The van der Waals surface area contributed by atoms with Crippen LogP contribution in [-0.2, 0) is 11.0 Å². The average molecular weight is 534 g/mol. The van der Waals surface area contributed by atoms with Gasteiger partial charge < -0.3 is 15.5 Å². The van der Waals surface area contributed by atoms with Gasteiger partial charge in [-0.25, -0.2) is 4.39 Å². The van der Waals surface area contributed by atoms with Gasteiger partial charge in [-0.2, -0.15) is 13.2 Å². The molecule has 1 aliphatic heterocycles. The molecule has 2 aliphatic rings. The van der Waals surface area contributed by atoms with Crippen molar-refractivity contribution in [2.75, 3.05) is 0 Å². The molecule has 0 spiro atoms. The Morgan fingerprint density at radius 1 is 0.974 bits per heavy atom. The lowest BCUT2D eigenvalue weighted by molar-refractivity contribution is -0.137. The number of hydrogen-bond donors (Lipinski definition) is 2. The second kappa shape index (κ2) is 10.4. The summed E-state index contributed by atoms with van der Waals surface area (Å²) in [5.41, 5.74) is -1.78. The maximum Gasteiger partial charge on any atom is 0.416 e. The fraction of sp³-hybridized carbons (Fsp3) is 0.464. The second-order valence-electron chi connectivity index (χ2n) is 10.4. The minimum Gasteiger partial charge on any atom is -0.348 e. The van der Waals surface area contributed by atoms with Crippen LogP contribution in [0.1, 0.15) is 90.8 Å². The Labute approximate surface area is 218 Å². The van der Waals surface area contributed by atoms with Crippen LogP contribution in [0.2, 0.25) is 0 Å². The standard InChI is InChI=1S/C28H31F4N3O3/c1-16-5-6-17(2)35(16)25(37)20-9-7-19(8-10-20)18(3)33-26(38)27(11-4-12-27)34-24(36)21-13-22(28(30,31)32)15-23(29)14-21/h7-10,13-18H,4-6,11-12H2,1-3H3,(H,33,38)(H,34,36)/t16?,17?,18-/m1/s1. The van der Waals surface area contributed by atoms with E-state index in [1.807, 2.05) is 18.7 Å². The molecular formula is C28H31F4N3O3. The van der Waals surface area contributed by atoms with E-state index in [-0.39, 0.29) is 18.0 Å². The first-order valence-corrected chi connectivity index (χ1v) is 12.7. The summed E-state index contributed by atoms with van der Waals surface area (Å²) >= 11 is 0. The van der Waals surface area contributed by atoms with E-state index in [0.29, 0.717) is 43.0 Å². The summed E-state index contributed by atoms with van der Waals surface area (Å²) in [6, 6.07) is 8.46. The summed E-state index contributed by atoms with van der Waals surface area (Å²) in [7, 11) is 0. The number of rotatable bonds is 6. The third-order valence-electron chi connectivity index (χ3n) is 7.67. The molecule has 1 saturated heterocycles. The fourth-order valence-corrected chi connectivity index (χ4v) is 5.19. The van der Waals surface area contributed by atoms with E-state index in [4.69, 9.17) is 0 Å². The molecule has 2 aromatic rings. The first-order chi connectivity index (χ1) is 17.8. The van der Waals surface area contributed by atoms with Gasteiger partial charge in [0.15, 0.2) is 0 Å². The van der Waals surface area contributed by atoms with Crippen LogP contribution in [-0.4, -0.2) is 40.2 Å². The zero-order valence-electron chi connectivity index (χ0n) is 21.5. The van der Waals surface area contributed by atoms with Crippen LogP contribution < -0.4 is 10.6 Å². The second-order valence-corrected chi connectivity index (χ2v) is 10.4. The Morgan fingerprint density at radius 3 is 2.11 bits per heavy atom. The van der Waals surface area contributed by atoms with Gasteiger partial charge in [-0.1, -0.05) is 12.1 Å². The molecule has 0 aromatic heterocycles. The van der Waals surface area contributed by atoms with Crippen LogP contribution in [0.3, 0.4) is 0 Å². The van der Waals surface area contributed by atoms with Crippen molar-refractivity contribution >= 4 is 17.7 Å². The maximum absolute atomic E-state index is 13.8. The monoisotopic (exact) mass is 533 g/mol. The fourth-order valence-electron chi connectivity index (χ4n) is 5.19. The van der Waals surface area contributed by atoms with Crippen molar-refractivity contribution in [1.29, 1.82) is 0 Å². The molecule has 6 nitrogen and oxygen atoms in total. The number of benzene rings is 2. The molecule has 3 atom stereocenters. The number of carbonyl (C=O) groups excluding carboxylic acids is 3. The van der Waals surface area contributed by atoms with Crippen LogP contribution in [0.25, 0.3) is 0 Å². The minimum atomic E-state index is -4.82. The van der Waals surface area contributed by atoms with Crippen LogP contribution in [0.4, 0.5) is 17.6 Å². The predicted octanol–water partition coefficient (Wildman–Crippen LogP) is 5.39. The molecule has 2 aromatic carbocycles. The number of halogens is 4. The van der Waals surface area contributed by atoms with E-state index in [1.54, 1.807) is 31.2 Å². The molecule has 2 fully saturated rings. The Kier molecular flexibility index (Phi) is 7.54. The molecule has 1 aliphatic carbocycles. The van der Waals surface area contributed by atoms with Crippen molar-refractivity contribution in [3.63, 3.8) is 0 Å². The topological polar surface area (TPSA) is 78.5 Å². The molecule has 3 amide bonds. The van der Waals surface area contributed by atoms with Gasteiger partial charge in [0, 0.05) is 23.2 Å². The van der Waals surface area contributed by atoms with Crippen molar-refractivity contribution < 1.29 is 31.9 Å². The lowest BCUT2D eigenvalue weighted by atomic mass is 9.75. The highest BCUT2D eigenvalue weighted by molar-refractivity contribution is 6.00. The smallest absolute Gasteiger partial charge is 0.348 e. The summed E-state index contributed by atoms with van der Waals surface area (Å²) in [6.07, 6.45) is -1.63. The Hall–Kier alpha value is -3.43. The highest BCUT2D eigenvalue weighted by Gasteiger charge is 2.46. The Morgan fingerprint density at radius 2 is 1.58 bits per heavy atom. The van der Waals surface area contributed by atoms with E-state index in [0.717, 1.165) is 18.4 Å². The molecule has 2 unspecified atom stereocenters. The lowest BCUT2D eigenvalue weighted by Gasteiger charge is -2.41. The first-order valence-electron chi connectivity index (χ1n) is 12.7. The van der Waals surface area contributed by atoms with E-state index >= 15 is 0 Å². The SMILES string of the molecule is CC1CCC(C)N1C(=O)c1ccc([C@@H](C)NC(=O)C2(NC(=O)c3cc(F)cc(C(F)(F)F)c3)CCC2)cc1. The zero-order valence-corrected chi connectivity index (χ0v) is 21.5. The number of alkyl halides is 3. The molecule has 10 heteroatoms. The molecule has 2 N–H and O–H groups in total. The highest BCUT2D eigenvalue weighted by atomic mass is 19.4. The third-order valence-corrected chi connectivity index (χ3v) is 7.67. The first kappa shape index (κ1) is 27.6. The number of hydrogen-bond acceptors (Lipinski definition) is 3. The predicted molar refractivity (Wildman–Crippen MR) is 133 cm³/mol. The summed E-state index contributed by atoms with van der Waals surface area (Å²) < 4.78 is 53.0. The van der Waals surface area contributed by atoms with Crippen molar-refractivity contribution in [1.82, 2.24) is 15.5 Å². The van der Waals surface area contributed by atoms with Gasteiger partial charge in [-0.3, -0.25) is 14.4 Å². The molecule has 4 rings (SSSR count). The average Bonchev–Trinajstić information content (AvgIpc) is 3.17. The van der Waals surface area contributed by atoms with E-state index in [2.05, 4.69) is 10.6 Å². The number of nitrogens with one attached hydrogen (secondary N) is 2. The van der Waals surface area contributed by atoms with E-state index < -0.39 is 46.5 Å². The van der Waals surface area contributed by atoms with Crippen molar-refractivity contribution in [2.24, 2.45) is 0 Å². The van der Waals surface area contributed by atoms with Gasteiger partial charge in [-0.15, -0.1) is 0 Å². The van der Waals surface area contributed by atoms with Gasteiger partial charge in [0.2, 0.25) is 5.91 Å². The van der Waals surface area contributed by atoms with Crippen molar-refractivity contribution in [2.45, 2.75) is 82.7 Å². The third kappa shape index (κ3) is 5.54. The Bertz CT molecular complexity index is 1210. The normalized spacial score (nSPS) is 21.4. The van der Waals surface area contributed by atoms with Crippen LogP contribution >= 0.6 is 0 Å². The number of carbonyl (C=O) groups is 3. The molecular weight excluding hydrogens is 502 g/mol. The van der Waals surface area contributed by atoms with E-state index in [1.165, 1.54) is 0 Å². The minimum absolute atomic E-state index is 0.0344. The number of nitrogens with zero attached hydrogens (tertiary/aromatic N) is 1. The van der Waals surface area contributed by atoms with Crippen LogP contribution in [0.15, 0.2) is 42.5 Å². The largest absolute Gasteiger partial charge is 0.416 e. The Balaban J connectivity index is 1.43. The molecule has 38 heavy (non-hydrogen) atoms. The van der Waals surface area contributed by atoms with Gasteiger partial charge in [0.05, 0.1) is 11.6 Å². The molecule has 0 radical (unpaired) electrons. The van der Waals surface area contributed by atoms with Crippen molar-refractivity contribution in [3.8, 4) is 0 Å². The summed E-state index contributed by atoms with van der Waals surface area (Å²) in [4.78, 5) is 40.8. The van der Waals surface area contributed by atoms with Gasteiger partial charge in [0.25, 0.3) is 11.8 Å². The zero-order chi connectivity index (χ0) is 27.8. The summed E-state index contributed by atoms with van der Waals surface area (Å²) in [5.74, 6) is -2.66. The molecule has 0 bridgehead atoms. The molecule has 1 heterocycles. The van der Waals surface area contributed by atoms with Crippen LogP contribution in [0.5, 0.6) is 0 Å². The number of likely N-dealkylation sites (tertiary alicyclic amines) is 1. The lowest BCUT2D eigenvalue weighted by Crippen LogP contribution is -2.63. The van der Waals surface area contributed by atoms with Gasteiger partial charge >= 0.3 is 6.18 Å². The van der Waals surface area contributed by atoms with Gasteiger partial charge in [-0.05, 0) is 88.8 Å². The van der Waals surface area contributed by atoms with Gasteiger partial charge in [0.1, 0.15) is 11.4 Å². The van der Waals surface area contributed by atoms with Crippen LogP contribution in [0, 0.1) is 5.82 Å². The summed E-state index contributed by atoms with van der Waals surface area (Å²) in [6.45, 7) is 5.83. The maximum atomic E-state index is 13.8. The van der Waals surface area contributed by atoms with E-state index in [9.17, 15) is 31.9 Å². The number of amides is 3. The summed E-state index contributed by atoms with van der Waals surface area (Å²) in [5, 5.41) is 5.39. The molecule has 204 valence electrons. The highest BCUT2D eigenvalue weighted by Crippen LogP contribution is 2.34.